The molecule has 2 aliphatic heterocycles. The van der Waals surface area contributed by atoms with Crippen LogP contribution in [0, 0.1) is 6.92 Å². The van der Waals surface area contributed by atoms with E-state index < -0.39 is 0 Å². The van der Waals surface area contributed by atoms with Gasteiger partial charge in [0.05, 0.1) is 5.69 Å². The van der Waals surface area contributed by atoms with E-state index in [0.29, 0.717) is 0 Å². The summed E-state index contributed by atoms with van der Waals surface area (Å²) in [5.74, 6) is 0. The van der Waals surface area contributed by atoms with Crippen LogP contribution in [0.4, 0.5) is 5.69 Å². The Morgan fingerprint density at radius 3 is 2.63 bits per heavy atom. The van der Waals surface area contributed by atoms with Crippen molar-refractivity contribution < 1.29 is 0 Å². The molecular formula is C15H22BrN3. The Balaban J connectivity index is 1.63. The lowest BCUT2D eigenvalue weighted by Crippen LogP contribution is -2.51. The summed E-state index contributed by atoms with van der Waals surface area (Å²) in [5.41, 5.74) is 2.65. The van der Waals surface area contributed by atoms with Crippen LogP contribution >= 0.6 is 15.9 Å². The van der Waals surface area contributed by atoms with E-state index in [-0.39, 0.29) is 0 Å². The van der Waals surface area contributed by atoms with Crippen molar-refractivity contribution in [3.8, 4) is 0 Å². The zero-order valence-electron chi connectivity index (χ0n) is 11.5. The Morgan fingerprint density at radius 1 is 1.21 bits per heavy atom. The van der Waals surface area contributed by atoms with Crippen molar-refractivity contribution in [2.75, 3.05) is 44.2 Å². The van der Waals surface area contributed by atoms with Gasteiger partial charge in [0.15, 0.2) is 0 Å². The van der Waals surface area contributed by atoms with Crippen molar-refractivity contribution in [2.45, 2.75) is 19.4 Å². The molecule has 0 aliphatic carbocycles. The summed E-state index contributed by atoms with van der Waals surface area (Å²) in [6.45, 7) is 9.15. The van der Waals surface area contributed by atoms with Gasteiger partial charge in [-0.25, -0.2) is 0 Å². The van der Waals surface area contributed by atoms with Gasteiger partial charge < -0.3 is 10.2 Å². The molecule has 2 fully saturated rings. The number of rotatable bonds is 2. The van der Waals surface area contributed by atoms with Gasteiger partial charge in [0, 0.05) is 43.2 Å². The van der Waals surface area contributed by atoms with Crippen molar-refractivity contribution in [2.24, 2.45) is 0 Å². The summed E-state index contributed by atoms with van der Waals surface area (Å²) >= 11 is 3.70. The molecule has 1 aromatic rings. The number of benzene rings is 1. The van der Waals surface area contributed by atoms with E-state index in [0.717, 1.165) is 19.1 Å². The minimum absolute atomic E-state index is 0.767. The molecule has 3 rings (SSSR count). The number of hydrogen-bond acceptors (Lipinski definition) is 3. The Labute approximate surface area is 124 Å². The second kappa shape index (κ2) is 5.81. The van der Waals surface area contributed by atoms with Crippen LogP contribution in [0.2, 0.25) is 0 Å². The first kappa shape index (κ1) is 13.4. The standard InChI is InChI=1S/C15H22BrN3/c1-12-2-3-15(14(16)10-12)19-8-6-18(7-9-19)13-4-5-17-11-13/h2-3,10,13,17H,4-9,11H2,1H3. The van der Waals surface area contributed by atoms with Gasteiger partial charge in [-0.15, -0.1) is 0 Å². The molecule has 3 nitrogen and oxygen atoms in total. The molecule has 0 amide bonds. The van der Waals surface area contributed by atoms with E-state index in [2.05, 4.69) is 56.2 Å². The molecule has 104 valence electrons. The Bertz CT molecular complexity index is 435. The number of hydrogen-bond donors (Lipinski definition) is 1. The Hall–Kier alpha value is -0.580. The lowest BCUT2D eigenvalue weighted by Gasteiger charge is -2.39. The number of nitrogens with one attached hydrogen (secondary N) is 1. The third kappa shape index (κ3) is 2.96. The maximum Gasteiger partial charge on any atom is 0.0511 e. The molecule has 4 heteroatoms. The fourth-order valence-electron chi connectivity index (χ4n) is 3.15. The normalized spacial score (nSPS) is 24.9. The van der Waals surface area contributed by atoms with Crippen molar-refractivity contribution >= 4 is 21.6 Å². The highest BCUT2D eigenvalue weighted by Gasteiger charge is 2.26. The van der Waals surface area contributed by atoms with Crippen LogP contribution in [-0.2, 0) is 0 Å². The summed E-state index contributed by atoms with van der Waals surface area (Å²) in [6, 6.07) is 7.42. The number of halogens is 1. The minimum Gasteiger partial charge on any atom is -0.368 e. The molecule has 0 radical (unpaired) electrons. The summed E-state index contributed by atoms with van der Waals surface area (Å²) in [6.07, 6.45) is 1.31. The fourth-order valence-corrected chi connectivity index (χ4v) is 3.89. The molecule has 19 heavy (non-hydrogen) atoms. The first-order chi connectivity index (χ1) is 9.24. The van der Waals surface area contributed by atoms with Crippen LogP contribution in [-0.4, -0.2) is 50.2 Å². The smallest absolute Gasteiger partial charge is 0.0511 e. The molecule has 2 aliphatic rings. The third-order valence-corrected chi connectivity index (χ3v) is 4.94. The maximum atomic E-state index is 3.70. The summed E-state index contributed by atoms with van der Waals surface area (Å²) in [5, 5.41) is 3.47. The third-order valence-electron chi connectivity index (χ3n) is 4.31. The van der Waals surface area contributed by atoms with Crippen molar-refractivity contribution in [3.05, 3.63) is 28.2 Å². The fraction of sp³-hybridized carbons (Fsp3) is 0.600. The van der Waals surface area contributed by atoms with Crippen LogP contribution in [0.15, 0.2) is 22.7 Å². The molecule has 0 aromatic heterocycles. The van der Waals surface area contributed by atoms with E-state index in [4.69, 9.17) is 0 Å². The van der Waals surface area contributed by atoms with E-state index in [1.165, 1.54) is 48.3 Å². The molecule has 0 spiro atoms. The molecule has 1 unspecified atom stereocenters. The maximum absolute atomic E-state index is 3.70. The number of anilines is 1. The van der Waals surface area contributed by atoms with E-state index in [9.17, 15) is 0 Å². The highest BCUT2D eigenvalue weighted by atomic mass is 79.9. The van der Waals surface area contributed by atoms with Gasteiger partial charge >= 0.3 is 0 Å². The molecule has 2 heterocycles. The zero-order valence-corrected chi connectivity index (χ0v) is 13.1. The highest BCUT2D eigenvalue weighted by molar-refractivity contribution is 9.10. The van der Waals surface area contributed by atoms with Crippen molar-refractivity contribution in [1.82, 2.24) is 10.2 Å². The van der Waals surface area contributed by atoms with E-state index >= 15 is 0 Å². The first-order valence-corrected chi connectivity index (χ1v) is 7.99. The summed E-state index contributed by atoms with van der Waals surface area (Å²) < 4.78 is 1.23. The van der Waals surface area contributed by atoms with Gasteiger partial charge in [-0.05, 0) is 53.5 Å². The van der Waals surface area contributed by atoms with Gasteiger partial charge in [-0.1, -0.05) is 6.07 Å². The molecule has 1 atom stereocenters. The highest BCUT2D eigenvalue weighted by Crippen LogP contribution is 2.28. The second-order valence-electron chi connectivity index (χ2n) is 5.62. The van der Waals surface area contributed by atoms with E-state index in [1.807, 2.05) is 0 Å². The quantitative estimate of drug-likeness (QED) is 0.900. The number of aryl methyl sites for hydroxylation is 1. The molecule has 1 N–H and O–H groups in total. The van der Waals surface area contributed by atoms with Crippen molar-refractivity contribution in [1.29, 1.82) is 0 Å². The van der Waals surface area contributed by atoms with Crippen LogP contribution < -0.4 is 10.2 Å². The molecule has 1 aromatic carbocycles. The number of nitrogens with zero attached hydrogens (tertiary/aromatic N) is 2. The minimum atomic E-state index is 0.767. The predicted octanol–water partition coefficient (Wildman–Crippen LogP) is 2.24. The predicted molar refractivity (Wildman–Crippen MR) is 83.9 cm³/mol. The van der Waals surface area contributed by atoms with Crippen LogP contribution in [0.25, 0.3) is 0 Å². The molecule has 2 saturated heterocycles. The Morgan fingerprint density at radius 2 is 2.00 bits per heavy atom. The monoisotopic (exact) mass is 323 g/mol. The topological polar surface area (TPSA) is 18.5 Å². The SMILES string of the molecule is Cc1ccc(N2CCN(C3CCNC3)CC2)c(Br)c1. The van der Waals surface area contributed by atoms with Gasteiger partial charge in [-0.3, -0.25) is 4.90 Å². The largest absolute Gasteiger partial charge is 0.368 e. The average molecular weight is 324 g/mol. The van der Waals surface area contributed by atoms with Crippen molar-refractivity contribution in [3.63, 3.8) is 0 Å². The van der Waals surface area contributed by atoms with Gasteiger partial charge in [-0.2, -0.15) is 0 Å². The zero-order chi connectivity index (χ0) is 13.2. The molecule has 0 saturated carbocycles. The molecular weight excluding hydrogens is 302 g/mol. The number of piperazine rings is 1. The lowest BCUT2D eigenvalue weighted by molar-refractivity contribution is 0.196. The van der Waals surface area contributed by atoms with Gasteiger partial charge in [0.2, 0.25) is 0 Å². The van der Waals surface area contributed by atoms with Gasteiger partial charge in [0.25, 0.3) is 0 Å². The average Bonchev–Trinajstić information content (AvgIpc) is 2.93. The van der Waals surface area contributed by atoms with Gasteiger partial charge in [0.1, 0.15) is 0 Å². The second-order valence-corrected chi connectivity index (χ2v) is 6.48. The van der Waals surface area contributed by atoms with Crippen LogP contribution in [0.3, 0.4) is 0 Å². The van der Waals surface area contributed by atoms with Crippen LogP contribution in [0.1, 0.15) is 12.0 Å². The summed E-state index contributed by atoms with van der Waals surface area (Å²) in [4.78, 5) is 5.15. The lowest BCUT2D eigenvalue weighted by atomic mass is 10.1. The van der Waals surface area contributed by atoms with Crippen LogP contribution in [0.5, 0.6) is 0 Å². The first-order valence-electron chi connectivity index (χ1n) is 7.20. The molecule has 0 bridgehead atoms. The summed E-state index contributed by atoms with van der Waals surface area (Å²) in [7, 11) is 0. The van der Waals surface area contributed by atoms with E-state index in [1.54, 1.807) is 0 Å². The Kier molecular flexibility index (Phi) is 4.10.